The van der Waals surface area contributed by atoms with E-state index >= 15 is 0 Å². The Morgan fingerprint density at radius 3 is 2.56 bits per heavy atom. The van der Waals surface area contributed by atoms with Crippen molar-refractivity contribution in [2.45, 2.75) is 26.4 Å². The third kappa shape index (κ3) is 4.65. The molecule has 8 nitrogen and oxygen atoms in total. The normalized spacial score (nSPS) is 17.9. The summed E-state index contributed by atoms with van der Waals surface area (Å²) in [4.78, 5) is 27.5. The second-order valence-electron chi connectivity index (χ2n) is 7.53. The van der Waals surface area contributed by atoms with Crippen LogP contribution in [0.5, 0.6) is 11.5 Å². The molecule has 8 heteroatoms. The molecule has 2 aromatic rings. The molecule has 0 spiro atoms. The summed E-state index contributed by atoms with van der Waals surface area (Å²) in [5, 5.41) is 2.88. The molecule has 32 heavy (non-hydrogen) atoms. The van der Waals surface area contributed by atoms with Gasteiger partial charge in [0, 0.05) is 31.6 Å². The van der Waals surface area contributed by atoms with Crippen LogP contribution in [0.3, 0.4) is 0 Å². The van der Waals surface area contributed by atoms with Crippen LogP contribution < -0.4 is 19.7 Å². The number of benzene rings is 2. The molecule has 2 aliphatic rings. The van der Waals surface area contributed by atoms with Gasteiger partial charge in [0.1, 0.15) is 11.5 Å². The van der Waals surface area contributed by atoms with Gasteiger partial charge in [0.2, 0.25) is 0 Å². The lowest BCUT2D eigenvalue weighted by Gasteiger charge is -2.31. The summed E-state index contributed by atoms with van der Waals surface area (Å²) in [6, 6.07) is 10.8. The molecule has 2 heterocycles. The quantitative estimate of drug-likeness (QED) is 0.663. The van der Waals surface area contributed by atoms with E-state index in [0.717, 1.165) is 24.3 Å². The maximum absolute atomic E-state index is 13.0. The summed E-state index contributed by atoms with van der Waals surface area (Å²) in [6.07, 6.45) is -0.594. The van der Waals surface area contributed by atoms with Crippen molar-refractivity contribution in [2.24, 2.45) is 0 Å². The van der Waals surface area contributed by atoms with Crippen molar-refractivity contribution in [3.8, 4) is 11.5 Å². The van der Waals surface area contributed by atoms with Crippen LogP contribution >= 0.6 is 0 Å². The standard InChI is InChI=1S/C24H28N2O6/c1-3-30-20-15-19(26-9-11-29-12-10-26)21(31-4-2)14-18(20)25-23(27)22-13-16-7-5-6-8-17(16)24(28)32-22/h5-8,14-15,22H,3-4,9-13H2,1-2H3,(H,25,27)/t22-/m1/s1. The minimum Gasteiger partial charge on any atom is -0.492 e. The van der Waals surface area contributed by atoms with E-state index in [1.165, 1.54) is 0 Å². The lowest BCUT2D eigenvalue weighted by Crippen LogP contribution is -2.38. The Bertz CT molecular complexity index is 986. The van der Waals surface area contributed by atoms with Gasteiger partial charge >= 0.3 is 5.97 Å². The van der Waals surface area contributed by atoms with Gasteiger partial charge in [0.15, 0.2) is 6.10 Å². The van der Waals surface area contributed by atoms with E-state index in [2.05, 4.69) is 10.2 Å². The SMILES string of the molecule is CCOc1cc(N2CCOCC2)c(OCC)cc1NC(=O)[C@H]1Cc2ccccc2C(=O)O1. The van der Waals surface area contributed by atoms with Crippen LogP contribution in [0, 0.1) is 0 Å². The third-order valence-electron chi connectivity index (χ3n) is 5.45. The molecule has 1 saturated heterocycles. The van der Waals surface area contributed by atoms with Gasteiger partial charge in [-0.2, -0.15) is 0 Å². The number of hydrogen-bond donors (Lipinski definition) is 1. The van der Waals surface area contributed by atoms with Crippen LogP contribution in [0.25, 0.3) is 0 Å². The number of cyclic esters (lactones) is 1. The highest BCUT2D eigenvalue weighted by molar-refractivity contribution is 6.01. The number of nitrogens with one attached hydrogen (secondary N) is 1. The fourth-order valence-electron chi connectivity index (χ4n) is 3.94. The molecule has 4 rings (SSSR count). The van der Waals surface area contributed by atoms with Crippen LogP contribution in [0.2, 0.25) is 0 Å². The molecule has 2 aromatic carbocycles. The van der Waals surface area contributed by atoms with Crippen molar-refractivity contribution >= 4 is 23.3 Å². The number of morpholine rings is 1. The Labute approximate surface area is 187 Å². The smallest absolute Gasteiger partial charge is 0.339 e. The predicted molar refractivity (Wildman–Crippen MR) is 120 cm³/mol. The van der Waals surface area contributed by atoms with Crippen molar-refractivity contribution < 1.29 is 28.5 Å². The van der Waals surface area contributed by atoms with Gasteiger partial charge in [-0.1, -0.05) is 18.2 Å². The number of anilines is 2. The number of amides is 1. The number of nitrogens with zero attached hydrogens (tertiary/aromatic N) is 1. The van der Waals surface area contributed by atoms with Crippen LogP contribution in [0.15, 0.2) is 36.4 Å². The zero-order chi connectivity index (χ0) is 22.5. The first-order valence-corrected chi connectivity index (χ1v) is 11.0. The average Bonchev–Trinajstić information content (AvgIpc) is 2.81. The maximum Gasteiger partial charge on any atom is 0.339 e. The molecule has 0 aliphatic carbocycles. The largest absolute Gasteiger partial charge is 0.492 e. The summed E-state index contributed by atoms with van der Waals surface area (Å²) >= 11 is 0. The van der Waals surface area contributed by atoms with Gasteiger partial charge in [0.05, 0.1) is 43.4 Å². The fraction of sp³-hybridized carbons (Fsp3) is 0.417. The van der Waals surface area contributed by atoms with Crippen molar-refractivity contribution in [1.82, 2.24) is 0 Å². The van der Waals surface area contributed by atoms with Crippen LogP contribution in [0.4, 0.5) is 11.4 Å². The molecule has 1 N–H and O–H groups in total. The van der Waals surface area contributed by atoms with Crippen LogP contribution in [-0.2, 0) is 20.7 Å². The Morgan fingerprint density at radius 1 is 1.09 bits per heavy atom. The van der Waals surface area contributed by atoms with Gasteiger partial charge in [-0.15, -0.1) is 0 Å². The van der Waals surface area contributed by atoms with E-state index in [9.17, 15) is 9.59 Å². The molecule has 1 fully saturated rings. The number of carbonyl (C=O) groups excluding carboxylic acids is 2. The first-order chi connectivity index (χ1) is 15.6. The molecule has 1 atom stereocenters. The molecule has 0 unspecified atom stereocenters. The first-order valence-electron chi connectivity index (χ1n) is 11.0. The Balaban J connectivity index is 1.60. The molecule has 2 aliphatic heterocycles. The Hall–Kier alpha value is -3.26. The molecule has 0 bridgehead atoms. The van der Waals surface area contributed by atoms with E-state index < -0.39 is 18.0 Å². The molecule has 0 radical (unpaired) electrons. The lowest BCUT2D eigenvalue weighted by molar-refractivity contribution is -0.125. The molecule has 1 amide bonds. The molecule has 0 saturated carbocycles. The number of rotatable bonds is 7. The number of hydrogen-bond acceptors (Lipinski definition) is 7. The molecular formula is C24H28N2O6. The Kier molecular flexibility index (Phi) is 6.80. The van der Waals surface area contributed by atoms with E-state index in [1.54, 1.807) is 18.2 Å². The summed E-state index contributed by atoms with van der Waals surface area (Å²) in [7, 11) is 0. The number of carbonyl (C=O) groups is 2. The van der Waals surface area contributed by atoms with E-state index in [1.807, 2.05) is 32.0 Å². The minimum atomic E-state index is -0.915. The van der Waals surface area contributed by atoms with Gasteiger partial charge in [-0.3, -0.25) is 4.79 Å². The van der Waals surface area contributed by atoms with Crippen molar-refractivity contribution in [2.75, 3.05) is 49.7 Å². The van der Waals surface area contributed by atoms with E-state index in [4.69, 9.17) is 18.9 Å². The predicted octanol–water partition coefficient (Wildman–Crippen LogP) is 3.04. The second kappa shape index (κ2) is 9.91. The Morgan fingerprint density at radius 2 is 1.81 bits per heavy atom. The highest BCUT2D eigenvalue weighted by Gasteiger charge is 2.32. The van der Waals surface area contributed by atoms with Crippen molar-refractivity contribution in [3.63, 3.8) is 0 Å². The van der Waals surface area contributed by atoms with E-state index in [-0.39, 0.29) is 0 Å². The zero-order valence-electron chi connectivity index (χ0n) is 18.4. The van der Waals surface area contributed by atoms with E-state index in [0.29, 0.717) is 55.6 Å². The topological polar surface area (TPSA) is 86.3 Å². The maximum atomic E-state index is 13.0. The number of esters is 1. The van der Waals surface area contributed by atoms with Gasteiger partial charge in [0.25, 0.3) is 5.91 Å². The zero-order valence-corrected chi connectivity index (χ0v) is 18.4. The molecule has 0 aromatic heterocycles. The van der Waals surface area contributed by atoms with Gasteiger partial charge in [-0.05, 0) is 25.5 Å². The average molecular weight is 440 g/mol. The summed E-state index contributed by atoms with van der Waals surface area (Å²) in [5.74, 6) is 0.289. The van der Waals surface area contributed by atoms with Crippen LogP contribution in [0.1, 0.15) is 29.8 Å². The van der Waals surface area contributed by atoms with Gasteiger partial charge in [-0.25, -0.2) is 4.79 Å². The lowest BCUT2D eigenvalue weighted by atomic mass is 9.98. The summed E-state index contributed by atoms with van der Waals surface area (Å²) in [6.45, 7) is 7.49. The van der Waals surface area contributed by atoms with Crippen molar-refractivity contribution in [3.05, 3.63) is 47.5 Å². The highest BCUT2D eigenvalue weighted by atomic mass is 16.5. The second-order valence-corrected chi connectivity index (χ2v) is 7.53. The number of ether oxygens (including phenoxy) is 4. The van der Waals surface area contributed by atoms with Gasteiger partial charge < -0.3 is 29.2 Å². The first kappa shape index (κ1) is 22.0. The third-order valence-corrected chi connectivity index (χ3v) is 5.45. The summed E-state index contributed by atoms with van der Waals surface area (Å²) < 4.78 is 22.6. The number of fused-ring (bicyclic) bond motifs is 1. The van der Waals surface area contributed by atoms with Crippen molar-refractivity contribution in [1.29, 1.82) is 0 Å². The fourth-order valence-corrected chi connectivity index (χ4v) is 3.94. The molecular weight excluding hydrogens is 412 g/mol. The highest BCUT2D eigenvalue weighted by Crippen LogP contribution is 2.39. The summed E-state index contributed by atoms with van der Waals surface area (Å²) in [5.41, 5.74) is 2.67. The minimum absolute atomic E-state index is 0.321. The molecule has 170 valence electrons. The van der Waals surface area contributed by atoms with Crippen LogP contribution in [-0.4, -0.2) is 57.5 Å². The monoisotopic (exact) mass is 440 g/mol.